The van der Waals surface area contributed by atoms with Crippen molar-refractivity contribution in [3.8, 4) is 5.75 Å². The van der Waals surface area contributed by atoms with E-state index in [4.69, 9.17) is 22.1 Å². The summed E-state index contributed by atoms with van der Waals surface area (Å²) >= 11 is 6.18. The molecular formula is C18H22ClNO. The Balaban J connectivity index is 2.03. The summed E-state index contributed by atoms with van der Waals surface area (Å²) < 4.78 is 5.78. The lowest BCUT2D eigenvalue weighted by atomic mass is 9.87. The highest BCUT2D eigenvalue weighted by atomic mass is 35.5. The fourth-order valence-electron chi connectivity index (χ4n) is 2.05. The Morgan fingerprint density at radius 2 is 1.62 bits per heavy atom. The number of halogens is 1. The van der Waals surface area contributed by atoms with Crippen LogP contribution in [-0.2, 0) is 18.6 Å². The number of rotatable bonds is 4. The van der Waals surface area contributed by atoms with E-state index in [2.05, 4.69) is 45.0 Å². The van der Waals surface area contributed by atoms with Crippen molar-refractivity contribution in [2.45, 2.75) is 39.3 Å². The van der Waals surface area contributed by atoms with Crippen LogP contribution >= 0.6 is 11.6 Å². The monoisotopic (exact) mass is 303 g/mol. The van der Waals surface area contributed by atoms with E-state index < -0.39 is 0 Å². The van der Waals surface area contributed by atoms with Crippen molar-refractivity contribution in [1.29, 1.82) is 0 Å². The molecule has 2 nitrogen and oxygen atoms in total. The fraction of sp³-hybridized carbons (Fsp3) is 0.333. The Morgan fingerprint density at radius 1 is 1.00 bits per heavy atom. The summed E-state index contributed by atoms with van der Waals surface area (Å²) in [5.41, 5.74) is 9.20. The quantitative estimate of drug-likeness (QED) is 0.890. The molecule has 21 heavy (non-hydrogen) atoms. The largest absolute Gasteiger partial charge is 0.487 e. The molecule has 0 aliphatic carbocycles. The average Bonchev–Trinajstić information content (AvgIpc) is 2.45. The molecule has 2 rings (SSSR count). The number of hydrogen-bond donors (Lipinski definition) is 1. The predicted molar refractivity (Wildman–Crippen MR) is 88.8 cm³/mol. The summed E-state index contributed by atoms with van der Waals surface area (Å²) in [5, 5.41) is 0.601. The van der Waals surface area contributed by atoms with Crippen LogP contribution in [0.25, 0.3) is 0 Å². The molecule has 0 atom stereocenters. The van der Waals surface area contributed by atoms with Gasteiger partial charge in [-0.25, -0.2) is 0 Å². The number of hydrogen-bond acceptors (Lipinski definition) is 2. The lowest BCUT2D eigenvalue weighted by Crippen LogP contribution is -2.10. The van der Waals surface area contributed by atoms with Crippen LogP contribution < -0.4 is 10.5 Å². The van der Waals surface area contributed by atoms with Crippen molar-refractivity contribution in [2.75, 3.05) is 0 Å². The summed E-state index contributed by atoms with van der Waals surface area (Å²) in [5.74, 6) is 0.689. The first kappa shape index (κ1) is 15.9. The molecule has 0 spiro atoms. The first-order valence-corrected chi connectivity index (χ1v) is 7.48. The number of benzene rings is 2. The van der Waals surface area contributed by atoms with E-state index >= 15 is 0 Å². The number of nitrogens with two attached hydrogens (primary N) is 1. The van der Waals surface area contributed by atoms with Crippen LogP contribution in [0.3, 0.4) is 0 Å². The van der Waals surface area contributed by atoms with Crippen molar-refractivity contribution in [1.82, 2.24) is 0 Å². The maximum absolute atomic E-state index is 6.18. The predicted octanol–water partition coefficient (Wildman–Crippen LogP) is 4.68. The third kappa shape index (κ3) is 4.23. The molecule has 0 unspecified atom stereocenters. The van der Waals surface area contributed by atoms with Gasteiger partial charge in [-0.3, -0.25) is 0 Å². The van der Waals surface area contributed by atoms with Crippen molar-refractivity contribution in [2.24, 2.45) is 5.73 Å². The summed E-state index contributed by atoms with van der Waals surface area (Å²) in [7, 11) is 0. The van der Waals surface area contributed by atoms with Crippen molar-refractivity contribution in [3.63, 3.8) is 0 Å². The molecule has 112 valence electrons. The van der Waals surface area contributed by atoms with Gasteiger partial charge in [0.05, 0.1) is 5.02 Å². The molecule has 2 aromatic carbocycles. The Labute approximate surface area is 131 Å². The Morgan fingerprint density at radius 3 is 2.14 bits per heavy atom. The van der Waals surface area contributed by atoms with Gasteiger partial charge in [-0.1, -0.05) is 62.7 Å². The molecule has 2 aromatic rings. The zero-order chi connectivity index (χ0) is 15.5. The topological polar surface area (TPSA) is 35.2 Å². The molecule has 0 saturated carbocycles. The van der Waals surface area contributed by atoms with Gasteiger partial charge in [0.2, 0.25) is 0 Å². The Hall–Kier alpha value is -1.51. The number of ether oxygens (including phenoxy) is 1. The SMILES string of the molecule is CC(C)(C)c1ccc(COc2ccc(CN)cc2Cl)cc1. The van der Waals surface area contributed by atoms with Gasteiger partial charge in [0.15, 0.2) is 0 Å². The maximum atomic E-state index is 6.18. The molecule has 0 fully saturated rings. The average molecular weight is 304 g/mol. The molecular weight excluding hydrogens is 282 g/mol. The second kappa shape index (κ2) is 6.50. The van der Waals surface area contributed by atoms with Crippen molar-refractivity contribution < 1.29 is 4.74 Å². The minimum Gasteiger partial charge on any atom is -0.487 e. The first-order chi connectivity index (χ1) is 9.90. The first-order valence-electron chi connectivity index (χ1n) is 7.11. The molecule has 0 aromatic heterocycles. The second-order valence-corrected chi connectivity index (χ2v) is 6.61. The lowest BCUT2D eigenvalue weighted by molar-refractivity contribution is 0.306. The smallest absolute Gasteiger partial charge is 0.138 e. The summed E-state index contributed by atoms with van der Waals surface area (Å²) in [4.78, 5) is 0. The second-order valence-electron chi connectivity index (χ2n) is 6.20. The van der Waals surface area contributed by atoms with Gasteiger partial charge in [-0.05, 0) is 34.2 Å². The van der Waals surface area contributed by atoms with E-state index in [1.54, 1.807) is 0 Å². The van der Waals surface area contributed by atoms with Crippen LogP contribution in [0.15, 0.2) is 42.5 Å². The molecule has 0 amide bonds. The van der Waals surface area contributed by atoms with Crippen LogP contribution in [0, 0.1) is 0 Å². The van der Waals surface area contributed by atoms with Gasteiger partial charge < -0.3 is 10.5 Å². The fourth-order valence-corrected chi connectivity index (χ4v) is 2.31. The molecule has 0 aliphatic heterocycles. The minimum atomic E-state index is 0.167. The van der Waals surface area contributed by atoms with E-state index in [9.17, 15) is 0 Å². The van der Waals surface area contributed by atoms with E-state index in [-0.39, 0.29) is 5.41 Å². The summed E-state index contributed by atoms with van der Waals surface area (Å²) in [6.45, 7) is 7.60. The Bertz CT molecular complexity index is 600. The van der Waals surface area contributed by atoms with Crippen LogP contribution in [0.5, 0.6) is 5.75 Å². The normalized spacial score (nSPS) is 11.5. The maximum Gasteiger partial charge on any atom is 0.138 e. The zero-order valence-electron chi connectivity index (χ0n) is 12.8. The van der Waals surface area contributed by atoms with E-state index in [0.29, 0.717) is 23.9 Å². The van der Waals surface area contributed by atoms with Gasteiger partial charge in [-0.15, -0.1) is 0 Å². The van der Waals surface area contributed by atoms with Crippen LogP contribution in [0.1, 0.15) is 37.5 Å². The van der Waals surface area contributed by atoms with Gasteiger partial charge in [0, 0.05) is 6.54 Å². The van der Waals surface area contributed by atoms with E-state index in [1.807, 2.05) is 18.2 Å². The highest BCUT2D eigenvalue weighted by Crippen LogP contribution is 2.27. The molecule has 3 heteroatoms. The van der Waals surface area contributed by atoms with Crippen LogP contribution in [0.4, 0.5) is 0 Å². The molecule has 0 bridgehead atoms. The molecule has 0 radical (unpaired) electrons. The Kier molecular flexibility index (Phi) is 4.92. The van der Waals surface area contributed by atoms with Crippen molar-refractivity contribution >= 4 is 11.6 Å². The summed E-state index contributed by atoms with van der Waals surface area (Å²) in [6, 6.07) is 14.2. The van der Waals surface area contributed by atoms with Crippen molar-refractivity contribution in [3.05, 3.63) is 64.2 Å². The van der Waals surface area contributed by atoms with Gasteiger partial charge in [0.25, 0.3) is 0 Å². The lowest BCUT2D eigenvalue weighted by Gasteiger charge is -2.19. The third-order valence-electron chi connectivity index (χ3n) is 3.45. The van der Waals surface area contributed by atoms with Crippen LogP contribution in [-0.4, -0.2) is 0 Å². The van der Waals surface area contributed by atoms with E-state index in [0.717, 1.165) is 11.1 Å². The highest BCUT2D eigenvalue weighted by molar-refractivity contribution is 6.32. The molecule has 0 saturated heterocycles. The van der Waals surface area contributed by atoms with Gasteiger partial charge in [0.1, 0.15) is 12.4 Å². The van der Waals surface area contributed by atoms with Gasteiger partial charge in [-0.2, -0.15) is 0 Å². The van der Waals surface area contributed by atoms with E-state index in [1.165, 1.54) is 5.56 Å². The summed E-state index contributed by atoms with van der Waals surface area (Å²) in [6.07, 6.45) is 0. The molecule has 0 heterocycles. The van der Waals surface area contributed by atoms with Crippen LogP contribution in [0.2, 0.25) is 5.02 Å². The van der Waals surface area contributed by atoms with Gasteiger partial charge >= 0.3 is 0 Å². The standard InChI is InChI=1S/C18H22ClNO/c1-18(2,3)15-7-4-13(5-8-15)12-21-17-9-6-14(11-20)10-16(17)19/h4-10H,11-12,20H2,1-3H3. The highest BCUT2D eigenvalue weighted by Gasteiger charge is 2.12. The molecule has 0 aliphatic rings. The molecule has 2 N–H and O–H groups in total. The minimum absolute atomic E-state index is 0.167. The zero-order valence-corrected chi connectivity index (χ0v) is 13.6. The third-order valence-corrected chi connectivity index (χ3v) is 3.74.